The van der Waals surface area contributed by atoms with Gasteiger partial charge >= 0.3 is 5.97 Å². The van der Waals surface area contributed by atoms with Crippen LogP contribution in [0, 0.1) is 16.7 Å². The Balaban J connectivity index is 0.000000218. The van der Waals surface area contributed by atoms with Crippen LogP contribution in [-0.4, -0.2) is 282 Å². The van der Waals surface area contributed by atoms with E-state index in [1.165, 1.54) is 94.5 Å². The average Bonchev–Trinajstić information content (AvgIpc) is 1.39. The minimum atomic E-state index is -0.777. The van der Waals surface area contributed by atoms with Gasteiger partial charge in [0.05, 0.1) is 123 Å². The number of benzene rings is 5. The van der Waals surface area contributed by atoms with Crippen LogP contribution in [0.1, 0.15) is 276 Å². The number of likely N-dealkylation sites (tertiary alicyclic amines) is 4. The summed E-state index contributed by atoms with van der Waals surface area (Å²) in [5, 5.41) is 0. The molecule has 31 nitrogen and oxygen atoms in total. The molecule has 3 saturated carbocycles. The molecule has 8 heterocycles. The summed E-state index contributed by atoms with van der Waals surface area (Å²) in [6, 6.07) is 32.9. The van der Waals surface area contributed by atoms with Crippen LogP contribution >= 0.6 is 0 Å². The van der Waals surface area contributed by atoms with Gasteiger partial charge in [0.15, 0.2) is 23.0 Å². The van der Waals surface area contributed by atoms with E-state index in [2.05, 4.69) is 13.2 Å². The number of nitrogens with zero attached hydrogens (tertiary/aromatic N) is 8. The maximum Gasteiger partial charge on any atom is 0.309 e. The number of Topliss-reactive ketones (excluding diaryl/α,β-unsaturated/α-hetero) is 4. The van der Waals surface area contributed by atoms with Gasteiger partial charge in [0.2, 0.25) is 46.7 Å². The van der Waals surface area contributed by atoms with Gasteiger partial charge in [-0.25, -0.2) is 0 Å². The number of fused-ring (bicyclic) bond motifs is 8. The molecule has 8 bridgehead atoms. The summed E-state index contributed by atoms with van der Waals surface area (Å²) in [6.07, 6.45) is 23.8. The number of hydrogen-bond acceptors (Lipinski definition) is 23. The molecule has 800 valence electrons. The molecule has 0 radical (unpaired) electrons. The molecule has 0 N–H and O–H groups in total. The van der Waals surface area contributed by atoms with E-state index in [0.717, 1.165) is 119 Å². The lowest BCUT2D eigenvalue weighted by Gasteiger charge is -2.51. The molecular weight excluding hydrogens is 1860 g/mol. The highest BCUT2D eigenvalue weighted by molar-refractivity contribution is 6.44. The van der Waals surface area contributed by atoms with Gasteiger partial charge < -0.3 is 86.6 Å². The number of ketones is 4. The second kappa shape index (κ2) is 54.2. The normalized spacial score (nSPS) is 23.1. The van der Waals surface area contributed by atoms with E-state index < -0.39 is 82.1 Å². The van der Waals surface area contributed by atoms with Crippen molar-refractivity contribution in [2.24, 2.45) is 16.7 Å². The number of ether oxygens (including phenoxy) is 10. The largest absolute Gasteiger partial charge is 0.493 e. The van der Waals surface area contributed by atoms with Gasteiger partial charge in [0, 0.05) is 54.2 Å². The summed E-state index contributed by atoms with van der Waals surface area (Å²) in [5.41, 5.74) is 2.00. The highest BCUT2D eigenvalue weighted by Crippen LogP contribution is 2.45. The van der Waals surface area contributed by atoms with E-state index in [9.17, 15) is 62.3 Å². The number of amides is 8. The fraction of sp³-hybridized carbons (Fsp3) is 0.591. The lowest BCUT2D eigenvalue weighted by atomic mass is 9.82. The molecule has 146 heavy (non-hydrogen) atoms. The Kier molecular flexibility index (Phi) is 43.7. The van der Waals surface area contributed by atoms with E-state index in [4.69, 9.17) is 47.4 Å². The second-order valence-corrected chi connectivity index (χ2v) is 40.5. The first-order valence-electron chi connectivity index (χ1n) is 51.1. The molecule has 16 rings (SSSR count). The van der Waals surface area contributed by atoms with Gasteiger partial charge in [-0.05, 0) is 195 Å². The number of piperidine rings is 4. The van der Waals surface area contributed by atoms with Crippen molar-refractivity contribution in [2.75, 3.05) is 82.0 Å². The molecule has 8 aliphatic heterocycles. The number of piperazine rings is 4. The summed E-state index contributed by atoms with van der Waals surface area (Å²) in [4.78, 5) is 187. The molecular formula is C115H162N8O23. The van der Waals surface area contributed by atoms with Crippen molar-refractivity contribution in [3.63, 3.8) is 0 Å². The van der Waals surface area contributed by atoms with Gasteiger partial charge in [-0.15, -0.1) is 13.2 Å². The van der Waals surface area contributed by atoms with Crippen molar-refractivity contribution in [1.82, 2.24) is 39.2 Å². The van der Waals surface area contributed by atoms with Crippen molar-refractivity contribution in [3.8, 4) is 34.5 Å². The molecule has 11 aliphatic rings. The topological polar surface area (TPSA) is 340 Å². The Morgan fingerprint density at radius 1 is 0.384 bits per heavy atom. The molecule has 5 aromatic carbocycles. The second-order valence-electron chi connectivity index (χ2n) is 40.5. The highest BCUT2D eigenvalue weighted by Gasteiger charge is 2.56. The van der Waals surface area contributed by atoms with Gasteiger partial charge in [0.25, 0.3) is 35.2 Å². The Morgan fingerprint density at radius 2 is 0.705 bits per heavy atom. The maximum atomic E-state index is 13.8. The summed E-state index contributed by atoms with van der Waals surface area (Å²) in [7, 11) is 8.76. The van der Waals surface area contributed by atoms with Crippen molar-refractivity contribution < 1.29 is 110 Å². The SMILES string of the molecule is C.C.C.C.C=CCC(CC=C)C(=O)OC[C@H](CN1CC2CCCC(C1=O)N2C(=O)C(=O)C(C)(C)CC)OCc1ccccc1.CCC(C)(C)C(=O)C(=O)N1C2CCCC1C(=O)N(C1CCCC1)C2.COc1cc(C(=O)C(=O)N2C3CCCC2C(=O)N([C@H]2CCC[C@@H]2OCc2ccccc2)C3)cc(OC)c1OC.COc1cc(C(=O)C(=O)N2C3CCCC2C(=O)N([C@H]2CCC[C@@H]2OCc2ccccc2)C3)cc(OC)c1OC. The summed E-state index contributed by atoms with van der Waals surface area (Å²) < 4.78 is 56.6. The molecule has 8 unspecified atom stereocenters. The number of allylic oxidation sites excluding steroid dienone is 2. The monoisotopic (exact) mass is 2020 g/mol. The molecule has 0 spiro atoms. The smallest absolute Gasteiger partial charge is 0.309 e. The van der Waals surface area contributed by atoms with Crippen LogP contribution in [0.5, 0.6) is 34.5 Å². The summed E-state index contributed by atoms with van der Waals surface area (Å²) >= 11 is 0. The molecule has 8 saturated heterocycles. The number of carbonyl (C=O) groups excluding carboxylic acids is 13. The van der Waals surface area contributed by atoms with Crippen molar-refractivity contribution in [2.45, 2.75) is 343 Å². The lowest BCUT2D eigenvalue weighted by Crippen LogP contribution is -2.68. The molecule has 5 aromatic rings. The number of carbonyl (C=O) groups is 13. The van der Waals surface area contributed by atoms with Gasteiger partial charge in [0.1, 0.15) is 36.9 Å². The van der Waals surface area contributed by atoms with Crippen LogP contribution in [0.15, 0.2) is 141 Å². The van der Waals surface area contributed by atoms with E-state index in [1.807, 2.05) is 133 Å². The third kappa shape index (κ3) is 26.8. The molecule has 11 fully saturated rings. The third-order valence-corrected chi connectivity index (χ3v) is 30.9. The zero-order valence-corrected chi connectivity index (χ0v) is 84.9. The number of methoxy groups -OCH3 is 6. The minimum absolute atomic E-state index is 0. The van der Waals surface area contributed by atoms with Crippen LogP contribution < -0.4 is 28.4 Å². The molecule has 0 aromatic heterocycles. The Hall–Kier alpha value is -11.8. The molecule has 3 aliphatic carbocycles. The van der Waals surface area contributed by atoms with Crippen LogP contribution in [0.3, 0.4) is 0 Å². The van der Waals surface area contributed by atoms with Crippen molar-refractivity contribution in [1.29, 1.82) is 0 Å². The predicted octanol–water partition coefficient (Wildman–Crippen LogP) is 16.8. The lowest BCUT2D eigenvalue weighted by molar-refractivity contribution is -0.167. The Bertz CT molecular complexity index is 5050. The van der Waals surface area contributed by atoms with Crippen molar-refractivity contribution in [3.05, 3.63) is 168 Å². The fourth-order valence-corrected chi connectivity index (χ4v) is 22.3. The third-order valence-electron chi connectivity index (χ3n) is 30.9. The van der Waals surface area contributed by atoms with Gasteiger partial charge in [-0.2, -0.15) is 0 Å². The number of esters is 1. The molecule has 8 amide bonds. The van der Waals surface area contributed by atoms with E-state index >= 15 is 0 Å². The van der Waals surface area contributed by atoms with Crippen LogP contribution in [-0.2, 0) is 91.5 Å². The summed E-state index contributed by atoms with van der Waals surface area (Å²) in [6.45, 7) is 21.7. The van der Waals surface area contributed by atoms with E-state index in [-0.39, 0.29) is 167 Å². The first kappa shape index (κ1) is 118. The van der Waals surface area contributed by atoms with Crippen LogP contribution in [0.4, 0.5) is 0 Å². The van der Waals surface area contributed by atoms with E-state index in [0.29, 0.717) is 115 Å². The highest BCUT2D eigenvalue weighted by atomic mass is 16.6. The zero-order chi connectivity index (χ0) is 102. The summed E-state index contributed by atoms with van der Waals surface area (Å²) in [5.74, 6) is -3.70. The number of hydrogen-bond donors (Lipinski definition) is 0. The molecule has 13 atom stereocenters. The standard InChI is InChI=1S/C32H44N2O6.2C30H36N2O7.C19H30N2O3.4CH4/c1-6-13-24(14-7-2)31(38)40-22-26(39-21-23-15-10-9-11-16-23)20-33-19-25-17-12-18-27(29(33)36)34(25)30(37)28(35)32(4,5)8-3;2*1-36-25-15-20(16-26(37-2)28(25)38-3)27(33)30(35)32-21-11-7-13-23(32)29(34)31(17-21)22-12-8-14-24(22)39-18-19-9-5-4-6-10-19;1-4-19(2,3)16(22)18(24)21-14-10-7-11-15(21)17(23)20(12-14)13-8-5-6-9-13;;;;/h6-7,9-11,15-16,24-27H,1-2,8,12-14,17-22H2,3-5H3;2*4-6,9-10,15-16,21-24H,7-8,11-14,17-18H2,1-3H3;13-15H,4-12H2,1-3H3;4*1H4/t25?,26-,27?;2*21?,22-,23?,24-;;;;;/m000...../s1. The van der Waals surface area contributed by atoms with E-state index in [1.54, 1.807) is 35.8 Å². The van der Waals surface area contributed by atoms with Gasteiger partial charge in [-0.1, -0.05) is 187 Å². The average molecular weight is 2020 g/mol. The Morgan fingerprint density at radius 3 is 1.05 bits per heavy atom. The maximum absolute atomic E-state index is 13.8. The number of rotatable bonds is 37. The zero-order valence-electron chi connectivity index (χ0n) is 84.9. The Labute approximate surface area is 865 Å². The fourth-order valence-electron chi connectivity index (χ4n) is 22.3. The minimum Gasteiger partial charge on any atom is -0.493 e. The molecule has 31 heteroatoms. The van der Waals surface area contributed by atoms with Crippen LogP contribution in [0.2, 0.25) is 0 Å². The quantitative estimate of drug-likeness (QED) is 0.0154. The predicted molar refractivity (Wildman–Crippen MR) is 557 cm³/mol. The first-order valence-corrected chi connectivity index (χ1v) is 51.1. The van der Waals surface area contributed by atoms with Crippen LogP contribution in [0.25, 0.3) is 0 Å². The van der Waals surface area contributed by atoms with Gasteiger partial charge in [-0.3, -0.25) is 62.3 Å². The first-order chi connectivity index (χ1) is 68.4. The van der Waals surface area contributed by atoms with Crippen molar-refractivity contribution >= 4 is 76.4 Å².